The van der Waals surface area contributed by atoms with Gasteiger partial charge in [0.2, 0.25) is 0 Å². The highest BCUT2D eigenvalue weighted by atomic mass is 19.1. The van der Waals surface area contributed by atoms with Gasteiger partial charge in [0, 0.05) is 0 Å². The SMILES string of the molecule is CCOc1cccc(-c2cc(F)c(NC(=O)c3ccccc3C(=O)O)c(F)c2)c1. The lowest BCUT2D eigenvalue weighted by Crippen LogP contribution is -2.18. The lowest BCUT2D eigenvalue weighted by Gasteiger charge is -2.12. The number of carboxylic acids is 1. The molecule has 5 nitrogen and oxygen atoms in total. The third-order valence-electron chi connectivity index (χ3n) is 4.16. The topological polar surface area (TPSA) is 75.6 Å². The minimum atomic E-state index is -1.32. The summed E-state index contributed by atoms with van der Waals surface area (Å²) in [4.78, 5) is 23.6. The van der Waals surface area contributed by atoms with Crippen LogP contribution < -0.4 is 10.1 Å². The summed E-state index contributed by atoms with van der Waals surface area (Å²) < 4.78 is 34.5. The molecule has 0 radical (unpaired) electrons. The van der Waals surface area contributed by atoms with Crippen LogP contribution in [-0.2, 0) is 0 Å². The van der Waals surface area contributed by atoms with Gasteiger partial charge in [0.25, 0.3) is 5.91 Å². The molecule has 0 saturated carbocycles. The Balaban J connectivity index is 1.92. The fourth-order valence-electron chi connectivity index (χ4n) is 2.84. The van der Waals surface area contributed by atoms with E-state index in [4.69, 9.17) is 4.74 Å². The van der Waals surface area contributed by atoms with Crippen molar-refractivity contribution in [3.63, 3.8) is 0 Å². The van der Waals surface area contributed by atoms with E-state index in [0.717, 1.165) is 12.1 Å². The minimum absolute atomic E-state index is 0.202. The van der Waals surface area contributed by atoms with Crippen molar-refractivity contribution in [2.24, 2.45) is 0 Å². The maximum Gasteiger partial charge on any atom is 0.336 e. The van der Waals surface area contributed by atoms with E-state index in [1.54, 1.807) is 24.3 Å². The number of hydrogen-bond donors (Lipinski definition) is 2. The molecular weight excluding hydrogens is 380 g/mol. The number of nitrogens with one attached hydrogen (secondary N) is 1. The van der Waals surface area contributed by atoms with Crippen LogP contribution in [0.15, 0.2) is 60.7 Å². The second-order valence-electron chi connectivity index (χ2n) is 6.08. The third kappa shape index (κ3) is 4.40. The van der Waals surface area contributed by atoms with E-state index in [-0.39, 0.29) is 16.7 Å². The number of carbonyl (C=O) groups is 2. The second kappa shape index (κ2) is 8.52. The third-order valence-corrected chi connectivity index (χ3v) is 4.16. The fourth-order valence-corrected chi connectivity index (χ4v) is 2.84. The van der Waals surface area contributed by atoms with Crippen molar-refractivity contribution in [2.75, 3.05) is 11.9 Å². The molecule has 29 heavy (non-hydrogen) atoms. The molecule has 0 heterocycles. The van der Waals surface area contributed by atoms with Gasteiger partial charge in [-0.05, 0) is 54.4 Å². The first kappa shape index (κ1) is 20.0. The first-order valence-electron chi connectivity index (χ1n) is 8.76. The summed E-state index contributed by atoms with van der Waals surface area (Å²) in [5, 5.41) is 11.3. The Labute approximate surface area is 165 Å². The van der Waals surface area contributed by atoms with Gasteiger partial charge in [-0.1, -0.05) is 24.3 Å². The molecule has 7 heteroatoms. The Morgan fingerprint density at radius 3 is 2.21 bits per heavy atom. The maximum absolute atomic E-state index is 14.6. The van der Waals surface area contributed by atoms with Gasteiger partial charge in [0.15, 0.2) is 0 Å². The monoisotopic (exact) mass is 397 g/mol. The lowest BCUT2D eigenvalue weighted by atomic mass is 10.0. The van der Waals surface area contributed by atoms with Crippen molar-refractivity contribution in [1.82, 2.24) is 0 Å². The number of aromatic carboxylic acids is 1. The number of anilines is 1. The Hall–Kier alpha value is -3.74. The Morgan fingerprint density at radius 1 is 0.931 bits per heavy atom. The Kier molecular flexibility index (Phi) is 5.87. The van der Waals surface area contributed by atoms with Gasteiger partial charge < -0.3 is 15.2 Å². The van der Waals surface area contributed by atoms with Crippen LogP contribution in [0.5, 0.6) is 5.75 Å². The van der Waals surface area contributed by atoms with Crippen LogP contribution in [0.2, 0.25) is 0 Å². The van der Waals surface area contributed by atoms with Crippen LogP contribution in [0.4, 0.5) is 14.5 Å². The van der Waals surface area contributed by atoms with Gasteiger partial charge in [0.1, 0.15) is 23.1 Å². The number of halogens is 2. The van der Waals surface area contributed by atoms with Crippen LogP contribution in [0.25, 0.3) is 11.1 Å². The maximum atomic E-state index is 14.6. The molecule has 0 saturated heterocycles. The Morgan fingerprint density at radius 2 is 1.59 bits per heavy atom. The fraction of sp³-hybridized carbons (Fsp3) is 0.0909. The van der Waals surface area contributed by atoms with Crippen LogP contribution in [0.1, 0.15) is 27.6 Å². The van der Waals surface area contributed by atoms with Crippen molar-refractivity contribution >= 4 is 17.6 Å². The quantitative estimate of drug-likeness (QED) is 0.615. The first-order valence-corrected chi connectivity index (χ1v) is 8.76. The smallest absolute Gasteiger partial charge is 0.336 e. The average Bonchev–Trinajstić information content (AvgIpc) is 2.71. The predicted octanol–water partition coefficient (Wildman–Crippen LogP) is 4.98. The Bertz CT molecular complexity index is 1060. The molecule has 148 valence electrons. The number of benzene rings is 3. The van der Waals surface area contributed by atoms with Crippen molar-refractivity contribution < 1.29 is 28.2 Å². The number of amides is 1. The number of carbonyl (C=O) groups excluding carboxylic acids is 1. The molecule has 0 aromatic heterocycles. The number of ether oxygens (including phenoxy) is 1. The van der Waals surface area contributed by atoms with Gasteiger partial charge in [-0.15, -0.1) is 0 Å². The van der Waals surface area contributed by atoms with Crippen LogP contribution in [-0.4, -0.2) is 23.6 Å². The molecule has 0 aliphatic rings. The van der Waals surface area contributed by atoms with E-state index in [1.165, 1.54) is 24.3 Å². The van der Waals surface area contributed by atoms with Crippen molar-refractivity contribution in [2.45, 2.75) is 6.92 Å². The number of carboxylic acid groups (broad SMARTS) is 1. The summed E-state index contributed by atoms with van der Waals surface area (Å²) in [6, 6.07) is 14.4. The highest BCUT2D eigenvalue weighted by Crippen LogP contribution is 2.30. The number of hydrogen-bond acceptors (Lipinski definition) is 3. The van der Waals surface area contributed by atoms with Crippen LogP contribution >= 0.6 is 0 Å². The van der Waals surface area contributed by atoms with E-state index in [1.807, 2.05) is 6.92 Å². The molecule has 3 aromatic carbocycles. The zero-order valence-corrected chi connectivity index (χ0v) is 15.4. The van der Waals surface area contributed by atoms with Crippen molar-refractivity contribution in [3.05, 3.63) is 83.4 Å². The molecule has 0 atom stereocenters. The zero-order valence-electron chi connectivity index (χ0n) is 15.4. The molecule has 0 fully saturated rings. The minimum Gasteiger partial charge on any atom is -0.494 e. The second-order valence-corrected chi connectivity index (χ2v) is 6.08. The van der Waals surface area contributed by atoms with Gasteiger partial charge in [-0.3, -0.25) is 4.79 Å². The molecule has 0 aliphatic carbocycles. The molecule has 0 aliphatic heterocycles. The van der Waals surface area contributed by atoms with E-state index in [9.17, 15) is 23.5 Å². The van der Waals surface area contributed by atoms with Crippen molar-refractivity contribution in [1.29, 1.82) is 0 Å². The summed E-state index contributed by atoms with van der Waals surface area (Å²) in [7, 11) is 0. The van der Waals surface area contributed by atoms with Crippen molar-refractivity contribution in [3.8, 4) is 16.9 Å². The van der Waals surface area contributed by atoms with E-state index >= 15 is 0 Å². The average molecular weight is 397 g/mol. The van der Waals surface area contributed by atoms with Gasteiger partial charge in [-0.25, -0.2) is 13.6 Å². The lowest BCUT2D eigenvalue weighted by molar-refractivity contribution is 0.0692. The van der Waals surface area contributed by atoms with E-state index in [2.05, 4.69) is 5.32 Å². The molecular formula is C22H17F2NO4. The molecule has 1 amide bonds. The van der Waals surface area contributed by atoms with Gasteiger partial charge in [-0.2, -0.15) is 0 Å². The molecule has 0 bridgehead atoms. The molecule has 3 rings (SSSR count). The highest BCUT2D eigenvalue weighted by molar-refractivity contribution is 6.10. The largest absolute Gasteiger partial charge is 0.494 e. The highest BCUT2D eigenvalue weighted by Gasteiger charge is 2.20. The summed E-state index contributed by atoms with van der Waals surface area (Å²) in [6.07, 6.45) is 0. The molecule has 0 unspecified atom stereocenters. The molecule has 2 N–H and O–H groups in total. The first-order chi connectivity index (χ1) is 13.9. The van der Waals surface area contributed by atoms with E-state index in [0.29, 0.717) is 17.9 Å². The molecule has 3 aromatic rings. The summed E-state index contributed by atoms with van der Waals surface area (Å²) in [6.45, 7) is 2.28. The van der Waals surface area contributed by atoms with Crippen LogP contribution in [0, 0.1) is 11.6 Å². The van der Waals surface area contributed by atoms with Crippen LogP contribution in [0.3, 0.4) is 0 Å². The van der Waals surface area contributed by atoms with Gasteiger partial charge in [0.05, 0.1) is 17.7 Å². The standard InChI is InChI=1S/C22H17F2NO4/c1-2-29-15-7-5-6-13(10-15)14-11-18(23)20(19(24)12-14)25-21(26)16-8-3-4-9-17(16)22(27)28/h3-12H,2H2,1H3,(H,25,26)(H,27,28). The van der Waals surface area contributed by atoms with Gasteiger partial charge >= 0.3 is 5.97 Å². The summed E-state index contributed by atoms with van der Waals surface area (Å²) >= 11 is 0. The zero-order chi connectivity index (χ0) is 21.0. The number of rotatable bonds is 6. The van der Waals surface area contributed by atoms with E-state index < -0.39 is 29.2 Å². The molecule has 0 spiro atoms. The predicted molar refractivity (Wildman–Crippen MR) is 104 cm³/mol. The normalized spacial score (nSPS) is 10.4. The summed E-state index contributed by atoms with van der Waals surface area (Å²) in [5.41, 5.74) is -0.310. The summed E-state index contributed by atoms with van der Waals surface area (Å²) in [5.74, 6) is -3.65.